The van der Waals surface area contributed by atoms with Gasteiger partial charge in [0.1, 0.15) is 0 Å². The van der Waals surface area contributed by atoms with Crippen LogP contribution in [-0.4, -0.2) is 11.9 Å². The minimum absolute atomic E-state index is 0.673. The molecule has 0 saturated carbocycles. The van der Waals surface area contributed by atoms with Crippen LogP contribution in [0, 0.1) is 0 Å². The quantitative estimate of drug-likeness (QED) is 0.752. The van der Waals surface area contributed by atoms with Crippen LogP contribution in [0.2, 0.25) is 0 Å². The average Bonchev–Trinajstić information content (AvgIpc) is 2.59. The first-order chi connectivity index (χ1) is 7.36. The summed E-state index contributed by atoms with van der Waals surface area (Å²) in [5.74, 6) is 0. The number of fused-ring (bicyclic) bond motifs is 1. The molecule has 15 heavy (non-hydrogen) atoms. The minimum atomic E-state index is 0.673. The van der Waals surface area contributed by atoms with Crippen molar-refractivity contribution < 1.29 is 0 Å². The van der Waals surface area contributed by atoms with Gasteiger partial charge in [-0.1, -0.05) is 44.2 Å². The van der Waals surface area contributed by atoms with E-state index in [1.165, 1.54) is 36.4 Å². The molecule has 0 N–H and O–H groups in total. The van der Waals surface area contributed by atoms with Gasteiger partial charge in [-0.2, -0.15) is 0 Å². The third kappa shape index (κ3) is 2.15. The molecule has 0 aliphatic carbocycles. The number of anilines is 1. The first kappa shape index (κ1) is 10.9. The number of benzene rings is 1. The van der Waals surface area contributed by atoms with Crippen LogP contribution >= 0.6 is 11.8 Å². The molecule has 0 amide bonds. The molecule has 1 nitrogen and oxygen atoms in total. The van der Waals surface area contributed by atoms with Crippen LogP contribution in [0.5, 0.6) is 0 Å². The molecule has 2 rings (SSSR count). The van der Waals surface area contributed by atoms with Crippen LogP contribution in [0.15, 0.2) is 29.2 Å². The van der Waals surface area contributed by atoms with Gasteiger partial charge in [0.15, 0.2) is 0 Å². The molecule has 1 aliphatic rings. The van der Waals surface area contributed by atoms with Gasteiger partial charge in [-0.25, -0.2) is 0 Å². The van der Waals surface area contributed by atoms with E-state index in [2.05, 4.69) is 43.0 Å². The number of thioether (sulfide) groups is 1. The molecule has 2 heteroatoms. The first-order valence-corrected chi connectivity index (χ1v) is 6.77. The monoisotopic (exact) mass is 221 g/mol. The molecule has 1 aromatic carbocycles. The molecule has 1 atom stereocenters. The van der Waals surface area contributed by atoms with E-state index < -0.39 is 0 Å². The Morgan fingerprint density at radius 1 is 1.20 bits per heavy atom. The fourth-order valence-electron chi connectivity index (χ4n) is 2.13. The lowest BCUT2D eigenvalue weighted by Gasteiger charge is -2.25. The number of hydrogen-bond donors (Lipinski definition) is 0. The van der Waals surface area contributed by atoms with Crippen molar-refractivity contribution in [3.8, 4) is 0 Å². The molecule has 0 fully saturated rings. The fraction of sp³-hybridized carbons (Fsp3) is 0.538. The van der Waals surface area contributed by atoms with Crippen molar-refractivity contribution in [2.24, 2.45) is 0 Å². The largest absolute Gasteiger partial charge is 0.358 e. The van der Waals surface area contributed by atoms with E-state index in [4.69, 9.17) is 0 Å². The fourth-order valence-corrected chi connectivity index (χ4v) is 3.58. The zero-order valence-corrected chi connectivity index (χ0v) is 10.4. The molecule has 0 bridgehead atoms. The summed E-state index contributed by atoms with van der Waals surface area (Å²) in [5, 5.41) is 0.673. The highest BCUT2D eigenvalue weighted by molar-refractivity contribution is 8.00. The second kappa shape index (κ2) is 4.93. The van der Waals surface area contributed by atoms with Crippen molar-refractivity contribution in [1.29, 1.82) is 0 Å². The summed E-state index contributed by atoms with van der Waals surface area (Å²) in [4.78, 5) is 4.04. The Morgan fingerprint density at radius 3 is 2.73 bits per heavy atom. The molecule has 1 aromatic rings. The highest BCUT2D eigenvalue weighted by Gasteiger charge is 2.27. The van der Waals surface area contributed by atoms with Crippen molar-refractivity contribution in [3.05, 3.63) is 24.3 Å². The number of hydrogen-bond acceptors (Lipinski definition) is 2. The van der Waals surface area contributed by atoms with E-state index >= 15 is 0 Å². The third-order valence-electron chi connectivity index (χ3n) is 2.79. The third-order valence-corrected chi connectivity index (χ3v) is 4.15. The Bertz CT molecular complexity index is 324. The summed E-state index contributed by atoms with van der Waals surface area (Å²) in [6.07, 6.45) is 3.79. The molecule has 1 aliphatic heterocycles. The van der Waals surface area contributed by atoms with Crippen LogP contribution < -0.4 is 4.90 Å². The Balaban J connectivity index is 2.21. The highest BCUT2D eigenvalue weighted by Crippen LogP contribution is 2.44. The van der Waals surface area contributed by atoms with Crippen LogP contribution in [-0.2, 0) is 0 Å². The number of rotatable bonds is 4. The molecular weight excluding hydrogens is 202 g/mol. The molecule has 0 saturated heterocycles. The SMILES string of the molecule is CCCC1Sc2ccccc2N1CCC. The Hall–Kier alpha value is -0.630. The predicted octanol–water partition coefficient (Wildman–Crippen LogP) is 4.13. The van der Waals surface area contributed by atoms with Crippen LogP contribution in [0.25, 0.3) is 0 Å². The van der Waals surface area contributed by atoms with E-state index in [1.54, 1.807) is 0 Å². The zero-order chi connectivity index (χ0) is 10.7. The Kier molecular flexibility index (Phi) is 3.57. The van der Waals surface area contributed by atoms with E-state index in [1.807, 2.05) is 11.8 Å². The van der Waals surface area contributed by atoms with Gasteiger partial charge in [-0.15, -0.1) is 0 Å². The maximum absolute atomic E-state index is 2.57. The summed E-state index contributed by atoms with van der Waals surface area (Å²) in [7, 11) is 0. The van der Waals surface area contributed by atoms with Crippen molar-refractivity contribution >= 4 is 17.4 Å². The van der Waals surface area contributed by atoms with E-state index in [0.717, 1.165) is 0 Å². The summed E-state index contributed by atoms with van der Waals surface area (Å²) in [6, 6.07) is 8.80. The molecule has 1 unspecified atom stereocenters. The van der Waals surface area contributed by atoms with Crippen molar-refractivity contribution in [2.75, 3.05) is 11.4 Å². The molecule has 0 aromatic heterocycles. The lowest BCUT2D eigenvalue weighted by molar-refractivity contribution is 0.675. The number of nitrogens with zero attached hydrogens (tertiary/aromatic N) is 1. The van der Waals surface area contributed by atoms with Crippen molar-refractivity contribution in [2.45, 2.75) is 43.4 Å². The van der Waals surface area contributed by atoms with Crippen molar-refractivity contribution in [3.63, 3.8) is 0 Å². The predicted molar refractivity (Wildman–Crippen MR) is 68.6 cm³/mol. The highest BCUT2D eigenvalue weighted by atomic mass is 32.2. The maximum Gasteiger partial charge on any atom is 0.0797 e. The van der Waals surface area contributed by atoms with E-state index in [9.17, 15) is 0 Å². The topological polar surface area (TPSA) is 3.24 Å². The zero-order valence-electron chi connectivity index (χ0n) is 9.57. The van der Waals surface area contributed by atoms with Gasteiger partial charge in [-0.3, -0.25) is 0 Å². The van der Waals surface area contributed by atoms with Crippen LogP contribution in [0.3, 0.4) is 0 Å². The van der Waals surface area contributed by atoms with Gasteiger partial charge in [0.05, 0.1) is 11.1 Å². The van der Waals surface area contributed by atoms with Gasteiger partial charge in [0.25, 0.3) is 0 Å². The molecule has 82 valence electrons. The second-order valence-corrected chi connectivity index (χ2v) is 5.24. The first-order valence-electron chi connectivity index (χ1n) is 5.89. The molecule has 1 heterocycles. The molecule has 0 spiro atoms. The van der Waals surface area contributed by atoms with E-state index in [0.29, 0.717) is 5.37 Å². The maximum atomic E-state index is 2.57. The lowest BCUT2D eigenvalue weighted by Crippen LogP contribution is -2.29. The standard InChI is InChI=1S/C13H19NS/c1-3-7-13-14(10-4-2)11-8-5-6-9-12(11)15-13/h5-6,8-9,13H,3-4,7,10H2,1-2H3. The Morgan fingerprint density at radius 2 is 2.00 bits per heavy atom. The smallest absolute Gasteiger partial charge is 0.0797 e. The average molecular weight is 221 g/mol. The number of para-hydroxylation sites is 1. The molecular formula is C13H19NS. The second-order valence-electron chi connectivity index (χ2n) is 4.02. The van der Waals surface area contributed by atoms with Crippen molar-refractivity contribution in [1.82, 2.24) is 0 Å². The van der Waals surface area contributed by atoms with Crippen LogP contribution in [0.1, 0.15) is 33.1 Å². The van der Waals surface area contributed by atoms with Crippen LogP contribution in [0.4, 0.5) is 5.69 Å². The summed E-state index contributed by atoms with van der Waals surface area (Å²) in [6.45, 7) is 5.72. The van der Waals surface area contributed by atoms with Gasteiger partial charge >= 0.3 is 0 Å². The minimum Gasteiger partial charge on any atom is -0.358 e. The summed E-state index contributed by atoms with van der Waals surface area (Å²) in [5.41, 5.74) is 1.45. The van der Waals surface area contributed by atoms with Gasteiger partial charge in [-0.05, 0) is 25.0 Å². The summed E-state index contributed by atoms with van der Waals surface area (Å²) >= 11 is 2.03. The van der Waals surface area contributed by atoms with Gasteiger partial charge < -0.3 is 4.90 Å². The van der Waals surface area contributed by atoms with Gasteiger partial charge in [0.2, 0.25) is 0 Å². The Labute approximate surface area is 96.9 Å². The van der Waals surface area contributed by atoms with Gasteiger partial charge in [0, 0.05) is 11.4 Å². The van der Waals surface area contributed by atoms with E-state index in [-0.39, 0.29) is 0 Å². The molecule has 0 radical (unpaired) electrons. The summed E-state index contributed by atoms with van der Waals surface area (Å²) < 4.78 is 0. The lowest BCUT2D eigenvalue weighted by atomic mass is 10.2. The normalized spacial score (nSPS) is 19.3.